The van der Waals surface area contributed by atoms with Crippen LogP contribution in [0.1, 0.15) is 26.2 Å². The van der Waals surface area contributed by atoms with Crippen LogP contribution >= 0.6 is 11.8 Å². The third-order valence-electron chi connectivity index (χ3n) is 3.01. The zero-order valence-corrected chi connectivity index (χ0v) is 12.0. The molecule has 1 aliphatic rings. The second-order valence-electron chi connectivity index (χ2n) is 4.59. The average Bonchev–Trinajstić information content (AvgIpc) is 2.61. The van der Waals surface area contributed by atoms with Gasteiger partial charge in [0.25, 0.3) is 0 Å². The van der Waals surface area contributed by atoms with Gasteiger partial charge in [0.2, 0.25) is 0 Å². The van der Waals surface area contributed by atoms with Gasteiger partial charge in [-0.2, -0.15) is 17.0 Å². The van der Waals surface area contributed by atoms with E-state index in [-0.39, 0.29) is 11.3 Å². The van der Waals surface area contributed by atoms with E-state index in [1.165, 1.54) is 6.26 Å². The standard InChI is InChI=1S/C11H20N2O2S2/c1-3-13-11(9-12)5-4-10(8-11)16-6-7-17(2,14)15/h10,13H,3-8H2,1-2H3. The molecule has 2 unspecified atom stereocenters. The lowest BCUT2D eigenvalue weighted by Gasteiger charge is -2.21. The molecule has 0 saturated heterocycles. The molecule has 1 aliphatic carbocycles. The first kappa shape index (κ1) is 14.8. The Labute approximate surface area is 108 Å². The van der Waals surface area contributed by atoms with Crippen LogP contribution in [0.5, 0.6) is 0 Å². The molecule has 17 heavy (non-hydrogen) atoms. The summed E-state index contributed by atoms with van der Waals surface area (Å²) in [6, 6.07) is 2.37. The highest BCUT2D eigenvalue weighted by Crippen LogP contribution is 2.36. The summed E-state index contributed by atoms with van der Waals surface area (Å²) in [7, 11) is -2.86. The summed E-state index contributed by atoms with van der Waals surface area (Å²) >= 11 is 1.68. The first-order valence-corrected chi connectivity index (χ1v) is 8.97. The number of hydrogen-bond donors (Lipinski definition) is 1. The molecule has 0 aromatic rings. The van der Waals surface area contributed by atoms with Crippen molar-refractivity contribution < 1.29 is 8.42 Å². The summed E-state index contributed by atoms with van der Waals surface area (Å²) in [5, 5.41) is 12.9. The maximum absolute atomic E-state index is 11.0. The van der Waals surface area contributed by atoms with Crippen LogP contribution in [-0.2, 0) is 9.84 Å². The molecule has 0 amide bonds. The van der Waals surface area contributed by atoms with E-state index in [1.807, 2.05) is 6.92 Å². The van der Waals surface area contributed by atoms with Gasteiger partial charge < -0.3 is 0 Å². The maximum Gasteiger partial charge on any atom is 0.148 e. The molecule has 98 valence electrons. The van der Waals surface area contributed by atoms with E-state index in [2.05, 4.69) is 11.4 Å². The number of thioether (sulfide) groups is 1. The lowest BCUT2D eigenvalue weighted by Crippen LogP contribution is -2.41. The van der Waals surface area contributed by atoms with Crippen LogP contribution in [0.25, 0.3) is 0 Å². The summed E-state index contributed by atoms with van der Waals surface area (Å²) in [5.74, 6) is 0.867. The van der Waals surface area contributed by atoms with Gasteiger partial charge in [0.1, 0.15) is 15.4 Å². The monoisotopic (exact) mass is 276 g/mol. The van der Waals surface area contributed by atoms with Gasteiger partial charge in [-0.3, -0.25) is 5.32 Å². The third kappa shape index (κ3) is 4.86. The maximum atomic E-state index is 11.0. The Morgan fingerprint density at radius 3 is 2.82 bits per heavy atom. The molecule has 0 aromatic carbocycles. The first-order valence-electron chi connectivity index (χ1n) is 5.86. The largest absolute Gasteiger partial charge is 0.300 e. The molecule has 0 radical (unpaired) electrons. The summed E-state index contributed by atoms with van der Waals surface area (Å²) in [6.07, 6.45) is 3.95. The van der Waals surface area contributed by atoms with Crippen molar-refractivity contribution in [3.8, 4) is 6.07 Å². The number of hydrogen-bond acceptors (Lipinski definition) is 5. The molecule has 1 fully saturated rings. The van der Waals surface area contributed by atoms with Crippen LogP contribution in [0.15, 0.2) is 0 Å². The Morgan fingerprint density at radius 1 is 1.59 bits per heavy atom. The molecule has 0 spiro atoms. The number of nitriles is 1. The van der Waals surface area contributed by atoms with E-state index in [1.54, 1.807) is 11.8 Å². The molecule has 0 heterocycles. The molecule has 2 atom stereocenters. The molecule has 1 saturated carbocycles. The van der Waals surface area contributed by atoms with Gasteiger partial charge in [-0.25, -0.2) is 8.42 Å². The molecule has 1 rings (SSSR count). The van der Waals surface area contributed by atoms with Gasteiger partial charge in [-0.15, -0.1) is 0 Å². The number of rotatable bonds is 6. The minimum atomic E-state index is -2.86. The van der Waals surface area contributed by atoms with Gasteiger partial charge in [0, 0.05) is 17.3 Å². The van der Waals surface area contributed by atoms with Gasteiger partial charge in [-0.1, -0.05) is 6.92 Å². The smallest absolute Gasteiger partial charge is 0.148 e. The highest BCUT2D eigenvalue weighted by Gasteiger charge is 2.38. The summed E-state index contributed by atoms with van der Waals surface area (Å²) in [5.41, 5.74) is -0.377. The van der Waals surface area contributed by atoms with Crippen molar-refractivity contribution in [1.29, 1.82) is 5.26 Å². The number of sulfone groups is 1. The molecule has 0 bridgehead atoms. The van der Waals surface area contributed by atoms with E-state index in [0.29, 0.717) is 11.0 Å². The van der Waals surface area contributed by atoms with Gasteiger partial charge >= 0.3 is 0 Å². The fourth-order valence-corrected chi connectivity index (χ4v) is 4.76. The molecule has 6 heteroatoms. The third-order valence-corrected chi connectivity index (χ3v) is 5.52. The number of nitrogens with zero attached hydrogens (tertiary/aromatic N) is 1. The Morgan fingerprint density at radius 2 is 2.29 bits per heavy atom. The van der Waals surface area contributed by atoms with Crippen LogP contribution < -0.4 is 5.32 Å². The quantitative estimate of drug-likeness (QED) is 0.789. The molecule has 0 aromatic heterocycles. The van der Waals surface area contributed by atoms with E-state index in [4.69, 9.17) is 0 Å². The normalized spacial score (nSPS) is 29.1. The van der Waals surface area contributed by atoms with E-state index >= 15 is 0 Å². The first-order chi connectivity index (χ1) is 7.91. The van der Waals surface area contributed by atoms with Crippen molar-refractivity contribution in [3.05, 3.63) is 0 Å². The zero-order valence-electron chi connectivity index (χ0n) is 10.4. The highest BCUT2D eigenvalue weighted by molar-refractivity contribution is 8.01. The second-order valence-corrected chi connectivity index (χ2v) is 8.26. The average molecular weight is 276 g/mol. The molecule has 1 N–H and O–H groups in total. The second kappa shape index (κ2) is 6.07. The summed E-state index contributed by atoms with van der Waals surface area (Å²) in [4.78, 5) is 0. The van der Waals surface area contributed by atoms with Gasteiger partial charge in [-0.05, 0) is 25.8 Å². The minimum Gasteiger partial charge on any atom is -0.300 e. The van der Waals surface area contributed by atoms with Gasteiger partial charge in [0.15, 0.2) is 0 Å². The van der Waals surface area contributed by atoms with E-state index < -0.39 is 9.84 Å². The molecule has 4 nitrogen and oxygen atoms in total. The highest BCUT2D eigenvalue weighted by atomic mass is 32.2. The van der Waals surface area contributed by atoms with E-state index in [9.17, 15) is 13.7 Å². The summed E-state index contributed by atoms with van der Waals surface area (Å²) < 4.78 is 22.0. The molecular formula is C11H20N2O2S2. The fraction of sp³-hybridized carbons (Fsp3) is 0.909. The number of nitrogens with one attached hydrogen (secondary N) is 1. The fourth-order valence-electron chi connectivity index (χ4n) is 2.15. The lowest BCUT2D eigenvalue weighted by molar-refractivity contribution is 0.436. The minimum absolute atomic E-state index is 0.231. The van der Waals surface area contributed by atoms with Crippen LogP contribution in [0.4, 0.5) is 0 Å². The molecular weight excluding hydrogens is 256 g/mol. The van der Waals surface area contributed by atoms with Crippen LogP contribution in [-0.4, -0.2) is 43.5 Å². The van der Waals surface area contributed by atoms with Crippen molar-refractivity contribution in [2.45, 2.75) is 37.0 Å². The van der Waals surface area contributed by atoms with Crippen molar-refractivity contribution in [3.63, 3.8) is 0 Å². The van der Waals surface area contributed by atoms with Gasteiger partial charge in [0.05, 0.1) is 11.8 Å². The Hall–Kier alpha value is -0.250. The Kier molecular flexibility index (Phi) is 5.29. The SMILES string of the molecule is CCNC1(C#N)CCC(SCCS(C)(=O)=O)C1. The predicted molar refractivity (Wildman–Crippen MR) is 71.8 cm³/mol. The summed E-state index contributed by atoms with van der Waals surface area (Å²) in [6.45, 7) is 2.80. The molecule has 0 aliphatic heterocycles. The van der Waals surface area contributed by atoms with Crippen molar-refractivity contribution in [1.82, 2.24) is 5.32 Å². The van der Waals surface area contributed by atoms with Crippen LogP contribution in [0.3, 0.4) is 0 Å². The Balaban J connectivity index is 2.38. The van der Waals surface area contributed by atoms with Crippen molar-refractivity contribution >= 4 is 21.6 Å². The van der Waals surface area contributed by atoms with Crippen molar-refractivity contribution in [2.75, 3.05) is 24.3 Å². The Bertz CT molecular complexity index is 389. The van der Waals surface area contributed by atoms with E-state index in [0.717, 1.165) is 25.8 Å². The zero-order chi connectivity index (χ0) is 12.9. The van der Waals surface area contributed by atoms with Crippen molar-refractivity contribution in [2.24, 2.45) is 0 Å². The lowest BCUT2D eigenvalue weighted by atomic mass is 10.0. The predicted octanol–water partition coefficient (Wildman–Crippen LogP) is 1.19. The topological polar surface area (TPSA) is 70.0 Å². The van der Waals surface area contributed by atoms with Crippen LogP contribution in [0, 0.1) is 11.3 Å². The van der Waals surface area contributed by atoms with Crippen LogP contribution in [0.2, 0.25) is 0 Å².